The van der Waals surface area contributed by atoms with Crippen molar-refractivity contribution in [2.75, 3.05) is 13.1 Å². The molecule has 0 radical (unpaired) electrons. The van der Waals surface area contributed by atoms with Crippen molar-refractivity contribution >= 4 is 11.8 Å². The summed E-state index contributed by atoms with van der Waals surface area (Å²) in [7, 11) is 0. The van der Waals surface area contributed by atoms with E-state index in [1.807, 2.05) is 6.20 Å². The Morgan fingerprint density at radius 1 is 1.44 bits per heavy atom. The number of rotatable bonds is 4. The van der Waals surface area contributed by atoms with E-state index in [-0.39, 0.29) is 17.7 Å². The quantitative estimate of drug-likeness (QED) is 0.720. The summed E-state index contributed by atoms with van der Waals surface area (Å²) in [6.45, 7) is 3.27. The first-order chi connectivity index (χ1) is 8.66. The fourth-order valence-corrected chi connectivity index (χ4v) is 2.16. The molecule has 0 aliphatic carbocycles. The van der Waals surface area contributed by atoms with E-state index in [9.17, 15) is 9.59 Å². The average molecular weight is 250 g/mol. The largest absolute Gasteiger partial charge is 0.355 e. The summed E-state index contributed by atoms with van der Waals surface area (Å²) >= 11 is 0. The molecule has 1 aromatic heterocycles. The van der Waals surface area contributed by atoms with Gasteiger partial charge in [0.1, 0.15) is 0 Å². The zero-order chi connectivity index (χ0) is 13.0. The number of carbonyl (C=O) groups excluding carboxylic acids is 2. The first kappa shape index (κ1) is 12.6. The van der Waals surface area contributed by atoms with Crippen LogP contribution in [0, 0.1) is 5.92 Å². The molecule has 6 heteroatoms. The lowest BCUT2D eigenvalue weighted by Gasteiger charge is -2.22. The predicted molar refractivity (Wildman–Crippen MR) is 65.7 cm³/mol. The number of carbonyl (C=O) groups is 2. The Bertz CT molecular complexity index is 441. The van der Waals surface area contributed by atoms with Crippen LogP contribution < -0.4 is 10.6 Å². The number of hydrogen-bond donors (Lipinski definition) is 2. The average Bonchev–Trinajstić information content (AvgIpc) is 2.81. The number of amides is 2. The van der Waals surface area contributed by atoms with Gasteiger partial charge in [-0.1, -0.05) is 0 Å². The van der Waals surface area contributed by atoms with Gasteiger partial charge < -0.3 is 15.2 Å². The van der Waals surface area contributed by atoms with Crippen LogP contribution in [0.15, 0.2) is 12.5 Å². The summed E-state index contributed by atoms with van der Waals surface area (Å²) in [5, 5.41) is 5.49. The van der Waals surface area contributed by atoms with Crippen LogP contribution in [0.2, 0.25) is 0 Å². The zero-order valence-electron chi connectivity index (χ0n) is 10.5. The Morgan fingerprint density at radius 2 is 2.22 bits per heavy atom. The molecule has 1 unspecified atom stereocenters. The van der Waals surface area contributed by atoms with E-state index < -0.39 is 0 Å². The van der Waals surface area contributed by atoms with E-state index in [1.54, 1.807) is 6.33 Å². The maximum atomic E-state index is 11.9. The maximum absolute atomic E-state index is 11.9. The van der Waals surface area contributed by atoms with Gasteiger partial charge in [0.15, 0.2) is 0 Å². The van der Waals surface area contributed by atoms with E-state index in [2.05, 4.69) is 20.2 Å². The van der Waals surface area contributed by atoms with E-state index >= 15 is 0 Å². The number of nitrogens with zero attached hydrogens (tertiary/aromatic N) is 2. The lowest BCUT2D eigenvalue weighted by atomic mass is 9.95. The van der Waals surface area contributed by atoms with Crippen molar-refractivity contribution in [3.8, 4) is 0 Å². The molecular weight excluding hydrogens is 232 g/mol. The molecule has 1 aliphatic heterocycles. The van der Waals surface area contributed by atoms with Crippen LogP contribution in [0.3, 0.4) is 0 Å². The normalized spacial score (nSPS) is 17.9. The molecule has 0 bridgehead atoms. The summed E-state index contributed by atoms with van der Waals surface area (Å²) in [4.78, 5) is 26.7. The monoisotopic (exact) mass is 250 g/mol. The van der Waals surface area contributed by atoms with Crippen molar-refractivity contribution in [3.05, 3.63) is 18.2 Å². The second kappa shape index (κ2) is 5.66. The van der Waals surface area contributed by atoms with Gasteiger partial charge in [0.25, 0.3) is 0 Å². The minimum absolute atomic E-state index is 0.0199. The number of aryl methyl sites for hydroxylation is 1. The number of hydrogen-bond acceptors (Lipinski definition) is 3. The molecule has 1 atom stereocenters. The predicted octanol–water partition coefficient (Wildman–Crippen LogP) is -0.302. The Hall–Kier alpha value is -1.85. The van der Waals surface area contributed by atoms with E-state index in [1.165, 1.54) is 6.92 Å². The van der Waals surface area contributed by atoms with Gasteiger partial charge in [-0.05, 0) is 6.42 Å². The molecule has 1 aliphatic rings. The third-order valence-corrected chi connectivity index (χ3v) is 3.14. The molecule has 0 saturated heterocycles. The molecule has 0 aromatic carbocycles. The van der Waals surface area contributed by atoms with E-state index in [4.69, 9.17) is 0 Å². The number of aromatic nitrogens is 2. The second-order valence-corrected chi connectivity index (χ2v) is 4.54. The second-order valence-electron chi connectivity index (χ2n) is 4.54. The lowest BCUT2D eigenvalue weighted by molar-refractivity contribution is -0.126. The lowest BCUT2D eigenvalue weighted by Crippen LogP contribution is -2.39. The van der Waals surface area contributed by atoms with Gasteiger partial charge >= 0.3 is 0 Å². The first-order valence-corrected chi connectivity index (χ1v) is 6.18. The smallest absolute Gasteiger partial charge is 0.223 e. The third-order valence-electron chi connectivity index (χ3n) is 3.14. The van der Waals surface area contributed by atoms with Gasteiger partial charge in [-0.3, -0.25) is 9.59 Å². The van der Waals surface area contributed by atoms with Crippen molar-refractivity contribution in [1.29, 1.82) is 0 Å². The maximum Gasteiger partial charge on any atom is 0.223 e. The molecule has 2 heterocycles. The van der Waals surface area contributed by atoms with Crippen molar-refractivity contribution < 1.29 is 9.59 Å². The van der Waals surface area contributed by atoms with Crippen LogP contribution in [0.25, 0.3) is 0 Å². The highest BCUT2D eigenvalue weighted by atomic mass is 16.2. The highest BCUT2D eigenvalue weighted by molar-refractivity contribution is 5.79. The Morgan fingerprint density at radius 3 is 3.00 bits per heavy atom. The van der Waals surface area contributed by atoms with Crippen molar-refractivity contribution in [2.24, 2.45) is 5.92 Å². The molecule has 18 heavy (non-hydrogen) atoms. The summed E-state index contributed by atoms with van der Waals surface area (Å²) in [6.07, 6.45) is 5.21. The SMILES string of the molecule is CC(=O)NCCNC(=O)C1CCn2cncc2C1. The molecule has 1 aromatic rings. The highest BCUT2D eigenvalue weighted by Gasteiger charge is 2.24. The van der Waals surface area contributed by atoms with Crippen LogP contribution in [-0.2, 0) is 22.6 Å². The third kappa shape index (κ3) is 3.09. The van der Waals surface area contributed by atoms with E-state index in [0.717, 1.165) is 25.1 Å². The molecule has 2 amide bonds. The fourth-order valence-electron chi connectivity index (χ4n) is 2.16. The van der Waals surface area contributed by atoms with Crippen LogP contribution >= 0.6 is 0 Å². The first-order valence-electron chi connectivity index (χ1n) is 6.18. The number of imidazole rings is 1. The minimum atomic E-state index is -0.0779. The Kier molecular flexibility index (Phi) is 3.96. The number of nitrogens with one attached hydrogen (secondary N) is 2. The molecule has 6 nitrogen and oxygen atoms in total. The standard InChI is InChI=1S/C12H18N4O2/c1-9(17)14-3-4-15-12(18)10-2-5-16-8-13-7-11(16)6-10/h7-8,10H,2-6H2,1H3,(H,14,17)(H,15,18). The van der Waals surface area contributed by atoms with Gasteiger partial charge in [-0.2, -0.15) is 0 Å². The minimum Gasteiger partial charge on any atom is -0.355 e. The molecule has 2 N–H and O–H groups in total. The van der Waals surface area contributed by atoms with E-state index in [0.29, 0.717) is 13.1 Å². The fraction of sp³-hybridized carbons (Fsp3) is 0.583. The van der Waals surface area contributed by atoms with Crippen LogP contribution in [0.4, 0.5) is 0 Å². The van der Waals surface area contributed by atoms with Gasteiger partial charge in [0.2, 0.25) is 11.8 Å². The van der Waals surface area contributed by atoms with Crippen molar-refractivity contribution in [3.63, 3.8) is 0 Å². The van der Waals surface area contributed by atoms with Gasteiger partial charge in [0, 0.05) is 50.8 Å². The van der Waals surface area contributed by atoms with Crippen LogP contribution in [-0.4, -0.2) is 34.5 Å². The molecule has 0 spiro atoms. The van der Waals surface area contributed by atoms with Gasteiger partial charge in [0.05, 0.1) is 6.33 Å². The summed E-state index contributed by atoms with van der Waals surface area (Å²) < 4.78 is 2.08. The van der Waals surface area contributed by atoms with Gasteiger partial charge in [-0.25, -0.2) is 4.98 Å². The Labute approximate surface area is 106 Å². The molecule has 0 saturated carbocycles. The number of fused-ring (bicyclic) bond motifs is 1. The summed E-state index contributed by atoms with van der Waals surface area (Å²) in [5.74, 6) is 0.00477. The van der Waals surface area contributed by atoms with Crippen molar-refractivity contribution in [1.82, 2.24) is 20.2 Å². The topological polar surface area (TPSA) is 76.0 Å². The summed E-state index contributed by atoms with van der Waals surface area (Å²) in [5.41, 5.74) is 1.11. The zero-order valence-corrected chi connectivity index (χ0v) is 10.5. The highest BCUT2D eigenvalue weighted by Crippen LogP contribution is 2.19. The molecular formula is C12H18N4O2. The molecule has 0 fully saturated rings. The van der Waals surface area contributed by atoms with Crippen LogP contribution in [0.1, 0.15) is 19.0 Å². The molecule has 2 rings (SSSR count). The van der Waals surface area contributed by atoms with Crippen molar-refractivity contribution in [2.45, 2.75) is 26.3 Å². The summed E-state index contributed by atoms with van der Waals surface area (Å²) in [6, 6.07) is 0. The van der Waals surface area contributed by atoms with Crippen LogP contribution in [0.5, 0.6) is 0 Å². The Balaban J connectivity index is 1.75. The molecule has 98 valence electrons. The van der Waals surface area contributed by atoms with Gasteiger partial charge in [-0.15, -0.1) is 0 Å².